The minimum Gasteiger partial charge on any atom is -0.486 e. The summed E-state index contributed by atoms with van der Waals surface area (Å²) in [6.07, 6.45) is 0. The third kappa shape index (κ3) is 5.94. The number of nitrogens with zero attached hydrogens (tertiary/aromatic N) is 1. The lowest BCUT2D eigenvalue weighted by molar-refractivity contribution is -0.135. The molecule has 0 radical (unpaired) electrons. The van der Waals surface area contributed by atoms with Gasteiger partial charge in [0, 0.05) is 13.1 Å². The van der Waals surface area contributed by atoms with E-state index in [-0.39, 0.29) is 30.7 Å². The topological polar surface area (TPSA) is 69.0 Å². The van der Waals surface area contributed by atoms with Crippen molar-refractivity contribution in [1.82, 2.24) is 4.90 Å². The lowest BCUT2D eigenvalue weighted by Gasteiger charge is -2.20. The number of carbonyl (C=O) groups excluding carboxylic acids is 2. The average Bonchev–Trinajstić information content (AvgIpc) is 3.25. The molecule has 0 aliphatic rings. The van der Waals surface area contributed by atoms with Gasteiger partial charge in [0.25, 0.3) is 5.91 Å². The molecule has 0 unspecified atom stereocenters. The number of hydrogen-bond donors (Lipinski definition) is 0. The molecule has 0 saturated carbocycles. The van der Waals surface area contributed by atoms with Crippen molar-refractivity contribution < 1.29 is 27.9 Å². The van der Waals surface area contributed by atoms with Crippen molar-refractivity contribution in [3.8, 4) is 5.75 Å². The molecule has 6 nitrogen and oxygen atoms in total. The summed E-state index contributed by atoms with van der Waals surface area (Å²) in [4.78, 5) is 26.2. The number of amides is 1. The standard InChI is InChI=1S/C23H22FNO5/c1-2-25(14-17-6-4-3-5-7-17)22(26)16-29-23(27)21-13-12-20(30-21)15-28-19-10-8-18(24)9-11-19/h3-13H,2,14-16H2,1H3. The largest absolute Gasteiger partial charge is 0.486 e. The zero-order valence-corrected chi connectivity index (χ0v) is 16.5. The van der Waals surface area contributed by atoms with E-state index in [1.807, 2.05) is 37.3 Å². The molecule has 3 rings (SSSR count). The number of rotatable bonds is 9. The molecule has 0 aliphatic carbocycles. The zero-order valence-electron chi connectivity index (χ0n) is 16.5. The van der Waals surface area contributed by atoms with Crippen LogP contribution in [0.3, 0.4) is 0 Å². The molecule has 1 aromatic heterocycles. The van der Waals surface area contributed by atoms with Gasteiger partial charge in [0.1, 0.15) is 23.9 Å². The minimum atomic E-state index is -0.729. The van der Waals surface area contributed by atoms with Gasteiger partial charge in [-0.3, -0.25) is 4.79 Å². The Morgan fingerprint density at radius 3 is 2.43 bits per heavy atom. The van der Waals surface area contributed by atoms with Crippen LogP contribution in [-0.2, 0) is 22.7 Å². The van der Waals surface area contributed by atoms with Gasteiger partial charge in [-0.1, -0.05) is 30.3 Å². The molecule has 0 saturated heterocycles. The predicted octanol–water partition coefficient (Wildman–Crippen LogP) is 4.20. The molecule has 156 valence electrons. The van der Waals surface area contributed by atoms with Gasteiger partial charge in [-0.2, -0.15) is 0 Å². The molecule has 1 heterocycles. The number of benzene rings is 2. The lowest BCUT2D eigenvalue weighted by atomic mass is 10.2. The Labute approximate surface area is 173 Å². The fourth-order valence-corrected chi connectivity index (χ4v) is 2.72. The van der Waals surface area contributed by atoms with E-state index in [1.165, 1.54) is 30.3 Å². The molecule has 0 fully saturated rings. The molecule has 30 heavy (non-hydrogen) atoms. The van der Waals surface area contributed by atoms with E-state index >= 15 is 0 Å². The second kappa shape index (κ2) is 10.2. The van der Waals surface area contributed by atoms with E-state index in [4.69, 9.17) is 13.9 Å². The van der Waals surface area contributed by atoms with Crippen LogP contribution in [-0.4, -0.2) is 29.9 Å². The summed E-state index contributed by atoms with van der Waals surface area (Å²) in [5.41, 5.74) is 0.996. The first-order valence-electron chi connectivity index (χ1n) is 9.51. The van der Waals surface area contributed by atoms with Gasteiger partial charge < -0.3 is 18.8 Å². The van der Waals surface area contributed by atoms with E-state index < -0.39 is 5.97 Å². The van der Waals surface area contributed by atoms with Crippen molar-refractivity contribution in [3.05, 3.63) is 89.6 Å². The van der Waals surface area contributed by atoms with E-state index in [0.29, 0.717) is 24.6 Å². The quantitative estimate of drug-likeness (QED) is 0.494. The van der Waals surface area contributed by atoms with Gasteiger partial charge in [-0.05, 0) is 48.9 Å². The number of carbonyl (C=O) groups is 2. The number of hydrogen-bond acceptors (Lipinski definition) is 5. The minimum absolute atomic E-state index is 0.0217. The van der Waals surface area contributed by atoms with Crippen molar-refractivity contribution in [3.63, 3.8) is 0 Å². The third-order valence-electron chi connectivity index (χ3n) is 4.33. The van der Waals surface area contributed by atoms with Crippen LogP contribution in [0, 0.1) is 5.82 Å². The molecular formula is C23H22FNO5. The van der Waals surface area contributed by atoms with Crippen molar-refractivity contribution in [2.24, 2.45) is 0 Å². The first kappa shape index (κ1) is 21.1. The predicted molar refractivity (Wildman–Crippen MR) is 107 cm³/mol. The molecule has 3 aromatic rings. The normalized spacial score (nSPS) is 10.5. The SMILES string of the molecule is CCN(Cc1ccccc1)C(=O)COC(=O)c1ccc(COc2ccc(F)cc2)o1. The van der Waals surface area contributed by atoms with Gasteiger partial charge in [0.2, 0.25) is 5.76 Å². The summed E-state index contributed by atoms with van der Waals surface area (Å²) < 4.78 is 28.9. The number of likely N-dealkylation sites (N-methyl/N-ethyl adjacent to an activating group) is 1. The second-order valence-corrected chi connectivity index (χ2v) is 6.48. The van der Waals surface area contributed by atoms with E-state index in [1.54, 1.807) is 11.0 Å². The van der Waals surface area contributed by atoms with Gasteiger partial charge in [0.05, 0.1) is 0 Å². The van der Waals surface area contributed by atoms with Gasteiger partial charge >= 0.3 is 5.97 Å². The highest BCUT2D eigenvalue weighted by molar-refractivity contribution is 5.88. The van der Waals surface area contributed by atoms with Crippen molar-refractivity contribution >= 4 is 11.9 Å². The highest BCUT2D eigenvalue weighted by Gasteiger charge is 2.18. The van der Waals surface area contributed by atoms with Crippen molar-refractivity contribution in [2.75, 3.05) is 13.2 Å². The van der Waals surface area contributed by atoms with Crippen LogP contribution in [0.15, 0.2) is 71.1 Å². The van der Waals surface area contributed by atoms with Crippen LogP contribution < -0.4 is 4.74 Å². The third-order valence-corrected chi connectivity index (χ3v) is 4.33. The first-order valence-corrected chi connectivity index (χ1v) is 9.51. The molecule has 0 aliphatic heterocycles. The van der Waals surface area contributed by atoms with E-state index in [9.17, 15) is 14.0 Å². The maximum Gasteiger partial charge on any atom is 0.374 e. The summed E-state index contributed by atoms with van der Waals surface area (Å²) in [6, 6.07) is 18.2. The van der Waals surface area contributed by atoms with Gasteiger partial charge in [-0.15, -0.1) is 0 Å². The number of ether oxygens (including phenoxy) is 2. The Balaban J connectivity index is 1.48. The van der Waals surface area contributed by atoms with Gasteiger partial charge in [0.15, 0.2) is 6.61 Å². The van der Waals surface area contributed by atoms with Crippen LogP contribution in [0.2, 0.25) is 0 Å². The fourth-order valence-electron chi connectivity index (χ4n) is 2.72. The lowest BCUT2D eigenvalue weighted by Crippen LogP contribution is -2.34. The Hall–Kier alpha value is -3.61. The Morgan fingerprint density at radius 1 is 1.00 bits per heavy atom. The molecule has 0 bridgehead atoms. The van der Waals surface area contributed by atoms with E-state index in [0.717, 1.165) is 5.56 Å². The smallest absolute Gasteiger partial charge is 0.374 e. The first-order chi connectivity index (χ1) is 14.5. The summed E-state index contributed by atoms with van der Waals surface area (Å²) in [5.74, 6) is -0.525. The van der Waals surface area contributed by atoms with Crippen LogP contribution in [0.5, 0.6) is 5.75 Å². The molecule has 1 amide bonds. The molecule has 0 spiro atoms. The average molecular weight is 411 g/mol. The monoisotopic (exact) mass is 411 g/mol. The number of furan rings is 1. The van der Waals surface area contributed by atoms with Crippen LogP contribution in [0.1, 0.15) is 28.8 Å². The van der Waals surface area contributed by atoms with Crippen molar-refractivity contribution in [1.29, 1.82) is 0 Å². The fraction of sp³-hybridized carbons (Fsp3) is 0.217. The highest BCUT2D eigenvalue weighted by atomic mass is 19.1. The van der Waals surface area contributed by atoms with Crippen LogP contribution in [0.4, 0.5) is 4.39 Å². The highest BCUT2D eigenvalue weighted by Crippen LogP contribution is 2.16. The molecule has 0 atom stereocenters. The molecule has 2 aromatic carbocycles. The summed E-state index contributed by atoms with van der Waals surface area (Å²) >= 11 is 0. The van der Waals surface area contributed by atoms with Gasteiger partial charge in [-0.25, -0.2) is 9.18 Å². The maximum absolute atomic E-state index is 12.9. The summed E-state index contributed by atoms with van der Waals surface area (Å²) in [5, 5.41) is 0. The second-order valence-electron chi connectivity index (χ2n) is 6.48. The summed E-state index contributed by atoms with van der Waals surface area (Å²) in [6.45, 7) is 2.50. The Bertz CT molecular complexity index is 969. The van der Waals surface area contributed by atoms with Crippen LogP contribution in [0.25, 0.3) is 0 Å². The zero-order chi connectivity index (χ0) is 21.3. The Morgan fingerprint density at radius 2 is 1.73 bits per heavy atom. The maximum atomic E-state index is 12.9. The van der Waals surface area contributed by atoms with E-state index in [2.05, 4.69) is 0 Å². The number of esters is 1. The molecule has 0 N–H and O–H groups in total. The summed E-state index contributed by atoms with van der Waals surface area (Å²) in [7, 11) is 0. The molecular weight excluding hydrogens is 389 g/mol. The van der Waals surface area contributed by atoms with Crippen LogP contribution >= 0.6 is 0 Å². The van der Waals surface area contributed by atoms with Crippen molar-refractivity contribution in [2.45, 2.75) is 20.1 Å². The number of halogens is 1. The molecule has 7 heteroatoms. The Kier molecular flexibility index (Phi) is 7.21.